The lowest BCUT2D eigenvalue weighted by Crippen LogP contribution is -2.16. The number of thiazole rings is 1. The van der Waals surface area contributed by atoms with Crippen molar-refractivity contribution in [1.29, 1.82) is 0 Å². The highest BCUT2D eigenvalue weighted by atomic mass is 35.5. The number of benzene rings is 1. The van der Waals surface area contributed by atoms with Crippen LogP contribution in [-0.4, -0.2) is 16.1 Å². The summed E-state index contributed by atoms with van der Waals surface area (Å²) < 4.78 is 0. The molecule has 1 aromatic carbocycles. The maximum absolute atomic E-state index is 11.3. The molecule has 2 aromatic rings. The summed E-state index contributed by atoms with van der Waals surface area (Å²) in [5.41, 5.74) is 7.36. The number of halogens is 1. The number of aromatic nitrogens is 1. The van der Waals surface area contributed by atoms with E-state index in [2.05, 4.69) is 4.98 Å². The average molecular weight is 313 g/mol. The summed E-state index contributed by atoms with van der Waals surface area (Å²) in [7, 11) is 0. The number of hydrogen-bond donors (Lipinski definition) is 2. The number of rotatable bonds is 4. The molecule has 0 radical (unpaired) electrons. The van der Waals surface area contributed by atoms with Crippen LogP contribution >= 0.6 is 23.7 Å². The van der Waals surface area contributed by atoms with Gasteiger partial charge in [0.05, 0.1) is 11.7 Å². The van der Waals surface area contributed by atoms with Gasteiger partial charge >= 0.3 is 5.97 Å². The van der Waals surface area contributed by atoms with Gasteiger partial charge in [-0.25, -0.2) is 9.78 Å². The lowest BCUT2D eigenvalue weighted by Gasteiger charge is -2.11. The van der Waals surface area contributed by atoms with Crippen LogP contribution in [0.25, 0.3) is 11.3 Å². The molecule has 2 rings (SSSR count). The molecule has 0 aliphatic heterocycles. The van der Waals surface area contributed by atoms with Crippen LogP contribution in [0.3, 0.4) is 0 Å². The molecule has 1 aromatic heterocycles. The molecule has 0 bridgehead atoms. The van der Waals surface area contributed by atoms with Crippen molar-refractivity contribution >= 4 is 29.7 Å². The van der Waals surface area contributed by atoms with Gasteiger partial charge in [0.25, 0.3) is 0 Å². The van der Waals surface area contributed by atoms with E-state index in [1.807, 2.05) is 44.2 Å². The van der Waals surface area contributed by atoms with Crippen molar-refractivity contribution in [2.45, 2.75) is 19.9 Å². The highest BCUT2D eigenvalue weighted by molar-refractivity contribution is 7.14. The normalized spacial score (nSPS) is 12.0. The fourth-order valence-corrected chi connectivity index (χ4v) is 2.80. The van der Waals surface area contributed by atoms with E-state index in [0.717, 1.165) is 16.9 Å². The Hall–Kier alpha value is -1.43. The van der Waals surface area contributed by atoms with Gasteiger partial charge in [0.1, 0.15) is 9.88 Å². The Morgan fingerprint density at radius 1 is 1.30 bits per heavy atom. The van der Waals surface area contributed by atoms with Crippen LogP contribution in [0, 0.1) is 5.92 Å². The van der Waals surface area contributed by atoms with Gasteiger partial charge in [0.15, 0.2) is 0 Å². The Bertz CT molecular complexity index is 584. The van der Waals surface area contributed by atoms with Crippen molar-refractivity contribution in [2.24, 2.45) is 11.7 Å². The van der Waals surface area contributed by atoms with Gasteiger partial charge in [-0.05, 0) is 5.92 Å². The van der Waals surface area contributed by atoms with Crippen molar-refractivity contribution in [1.82, 2.24) is 4.98 Å². The van der Waals surface area contributed by atoms with Crippen LogP contribution in [0.4, 0.5) is 0 Å². The van der Waals surface area contributed by atoms with Crippen molar-refractivity contribution < 1.29 is 9.90 Å². The Labute approximate surface area is 128 Å². The summed E-state index contributed by atoms with van der Waals surface area (Å²) in [5.74, 6) is -0.741. The first-order valence-electron chi connectivity index (χ1n) is 6.05. The molecule has 108 valence electrons. The molecule has 4 nitrogen and oxygen atoms in total. The van der Waals surface area contributed by atoms with Crippen LogP contribution in [0.5, 0.6) is 0 Å². The summed E-state index contributed by atoms with van der Waals surface area (Å²) in [4.78, 5) is 16.0. The molecule has 3 N–H and O–H groups in total. The van der Waals surface area contributed by atoms with Crippen molar-refractivity contribution in [3.05, 3.63) is 40.2 Å². The third kappa shape index (κ3) is 3.36. The third-order valence-corrected chi connectivity index (χ3v) is 4.03. The zero-order chi connectivity index (χ0) is 14.0. The molecule has 1 unspecified atom stereocenters. The van der Waals surface area contributed by atoms with Gasteiger partial charge in [0, 0.05) is 5.56 Å². The van der Waals surface area contributed by atoms with E-state index in [0.29, 0.717) is 10.7 Å². The first-order valence-corrected chi connectivity index (χ1v) is 6.87. The Kier molecular flexibility index (Phi) is 5.68. The fraction of sp³-hybridized carbons (Fsp3) is 0.286. The number of carboxylic acids is 1. The van der Waals surface area contributed by atoms with Crippen LogP contribution in [0.2, 0.25) is 0 Å². The second-order valence-electron chi connectivity index (χ2n) is 4.67. The highest BCUT2D eigenvalue weighted by Gasteiger charge is 2.22. The Morgan fingerprint density at radius 2 is 1.90 bits per heavy atom. The molecule has 0 aliphatic rings. The van der Waals surface area contributed by atoms with Gasteiger partial charge in [-0.1, -0.05) is 44.2 Å². The zero-order valence-corrected chi connectivity index (χ0v) is 12.9. The predicted molar refractivity (Wildman–Crippen MR) is 83.5 cm³/mol. The van der Waals surface area contributed by atoms with Gasteiger partial charge in [-0.3, -0.25) is 0 Å². The summed E-state index contributed by atoms with van der Waals surface area (Å²) in [6.07, 6.45) is 0. The van der Waals surface area contributed by atoms with E-state index in [1.54, 1.807) is 0 Å². The molecule has 0 spiro atoms. The van der Waals surface area contributed by atoms with Gasteiger partial charge in [-0.15, -0.1) is 23.7 Å². The molecule has 0 saturated heterocycles. The highest BCUT2D eigenvalue weighted by Crippen LogP contribution is 2.32. The molecule has 0 saturated carbocycles. The molecular formula is C14H17ClN2O2S. The van der Waals surface area contributed by atoms with Crippen molar-refractivity contribution in [3.63, 3.8) is 0 Å². The van der Waals surface area contributed by atoms with Crippen molar-refractivity contribution in [3.8, 4) is 11.3 Å². The standard InChI is InChI=1S/C14H16N2O2S.ClH/c1-8(2)10(15)13-16-11(12(19-13)14(17)18)9-6-4-3-5-7-9;/h3-8,10H,15H2,1-2H3,(H,17,18);1H. The number of carboxylic acid groups (broad SMARTS) is 1. The minimum Gasteiger partial charge on any atom is -0.477 e. The van der Waals surface area contributed by atoms with Gasteiger partial charge in [-0.2, -0.15) is 0 Å². The Balaban J connectivity index is 0.00000200. The maximum Gasteiger partial charge on any atom is 0.348 e. The number of carbonyl (C=O) groups is 1. The second kappa shape index (κ2) is 6.83. The maximum atomic E-state index is 11.3. The molecule has 1 heterocycles. The quantitative estimate of drug-likeness (QED) is 0.904. The van der Waals surface area contributed by atoms with Crippen LogP contribution in [0.15, 0.2) is 30.3 Å². The monoisotopic (exact) mass is 312 g/mol. The average Bonchev–Trinajstić information content (AvgIpc) is 2.83. The van der Waals surface area contributed by atoms with E-state index in [1.165, 1.54) is 0 Å². The summed E-state index contributed by atoms with van der Waals surface area (Å²) in [6, 6.07) is 9.08. The molecule has 0 aliphatic carbocycles. The Morgan fingerprint density at radius 3 is 2.40 bits per heavy atom. The van der Waals surface area contributed by atoms with Crippen LogP contribution in [0.1, 0.15) is 34.6 Å². The molecular weight excluding hydrogens is 296 g/mol. The summed E-state index contributed by atoms with van der Waals surface area (Å²) in [5, 5.41) is 9.96. The number of aromatic carboxylic acids is 1. The molecule has 0 fully saturated rings. The first kappa shape index (κ1) is 16.6. The van der Waals surface area contributed by atoms with Crippen LogP contribution in [-0.2, 0) is 0 Å². The van der Waals surface area contributed by atoms with E-state index in [-0.39, 0.29) is 29.2 Å². The van der Waals surface area contributed by atoms with E-state index < -0.39 is 5.97 Å². The minimum atomic E-state index is -0.960. The van der Waals surface area contributed by atoms with Crippen molar-refractivity contribution in [2.75, 3.05) is 0 Å². The molecule has 20 heavy (non-hydrogen) atoms. The number of nitrogens with two attached hydrogens (primary N) is 1. The molecule has 6 heteroatoms. The first-order chi connectivity index (χ1) is 9.00. The number of nitrogens with zero attached hydrogens (tertiary/aromatic N) is 1. The predicted octanol–water partition coefficient (Wildman–Crippen LogP) is 3.59. The summed E-state index contributed by atoms with van der Waals surface area (Å²) >= 11 is 1.16. The van der Waals surface area contributed by atoms with Gasteiger partial charge < -0.3 is 10.8 Å². The fourth-order valence-electron chi connectivity index (χ4n) is 1.70. The molecule has 1 atom stereocenters. The zero-order valence-electron chi connectivity index (χ0n) is 11.2. The van der Waals surface area contributed by atoms with E-state index in [9.17, 15) is 9.90 Å². The topological polar surface area (TPSA) is 76.2 Å². The van der Waals surface area contributed by atoms with E-state index in [4.69, 9.17) is 5.73 Å². The largest absolute Gasteiger partial charge is 0.477 e. The van der Waals surface area contributed by atoms with Gasteiger partial charge in [0.2, 0.25) is 0 Å². The molecule has 0 amide bonds. The second-order valence-corrected chi connectivity index (χ2v) is 5.70. The SMILES string of the molecule is CC(C)C(N)c1nc(-c2ccccc2)c(C(=O)O)s1.Cl. The lowest BCUT2D eigenvalue weighted by atomic mass is 10.1. The van der Waals surface area contributed by atoms with E-state index >= 15 is 0 Å². The number of hydrogen-bond acceptors (Lipinski definition) is 4. The minimum absolute atomic E-state index is 0. The summed E-state index contributed by atoms with van der Waals surface area (Å²) in [6.45, 7) is 3.99. The lowest BCUT2D eigenvalue weighted by molar-refractivity contribution is 0.0702. The smallest absolute Gasteiger partial charge is 0.348 e. The third-order valence-electron chi connectivity index (χ3n) is 2.89. The van der Waals surface area contributed by atoms with Crippen LogP contribution < -0.4 is 5.73 Å².